The van der Waals surface area contributed by atoms with Crippen molar-refractivity contribution in [2.75, 3.05) is 5.73 Å². The Balaban J connectivity index is 0.00000192. The van der Waals surface area contributed by atoms with E-state index in [1.165, 1.54) is 6.07 Å². The Kier molecular flexibility index (Phi) is 5.61. The van der Waals surface area contributed by atoms with Crippen molar-refractivity contribution in [3.05, 3.63) is 65.0 Å². The number of nitrogens with one attached hydrogen (secondary N) is 1. The van der Waals surface area contributed by atoms with Crippen molar-refractivity contribution < 1.29 is 9.18 Å². The summed E-state index contributed by atoms with van der Waals surface area (Å²) in [7, 11) is 0. The lowest BCUT2D eigenvalue weighted by Gasteiger charge is -2.14. The van der Waals surface area contributed by atoms with Gasteiger partial charge >= 0.3 is 0 Å². The SMILES string of the molecule is Cl.Nc1ccccc1CCC(=O)NC1CCc2cc(F)ccc21. The summed E-state index contributed by atoms with van der Waals surface area (Å²) < 4.78 is 13.2. The third-order valence-electron chi connectivity index (χ3n) is 4.19. The van der Waals surface area contributed by atoms with Crippen molar-refractivity contribution in [3.63, 3.8) is 0 Å². The fourth-order valence-corrected chi connectivity index (χ4v) is 3.01. The summed E-state index contributed by atoms with van der Waals surface area (Å²) in [6.45, 7) is 0. The first-order chi connectivity index (χ1) is 10.6. The van der Waals surface area contributed by atoms with E-state index in [4.69, 9.17) is 5.73 Å². The van der Waals surface area contributed by atoms with Crippen molar-refractivity contribution in [1.82, 2.24) is 5.32 Å². The maximum Gasteiger partial charge on any atom is 0.220 e. The van der Waals surface area contributed by atoms with E-state index in [1.54, 1.807) is 12.1 Å². The Hall–Kier alpha value is -2.07. The molecule has 2 aromatic carbocycles. The van der Waals surface area contributed by atoms with Gasteiger partial charge in [-0.05, 0) is 54.2 Å². The largest absolute Gasteiger partial charge is 0.399 e. The van der Waals surface area contributed by atoms with E-state index in [1.807, 2.05) is 24.3 Å². The number of nitrogen functional groups attached to an aromatic ring is 1. The van der Waals surface area contributed by atoms with Crippen LogP contribution in [0.15, 0.2) is 42.5 Å². The summed E-state index contributed by atoms with van der Waals surface area (Å²) in [6, 6.07) is 12.4. The molecule has 3 N–H and O–H groups in total. The number of rotatable bonds is 4. The number of para-hydroxylation sites is 1. The topological polar surface area (TPSA) is 55.1 Å². The summed E-state index contributed by atoms with van der Waals surface area (Å²) in [5.41, 5.74) is 9.63. The quantitative estimate of drug-likeness (QED) is 0.840. The van der Waals surface area contributed by atoms with Crippen molar-refractivity contribution in [3.8, 4) is 0 Å². The second-order valence-corrected chi connectivity index (χ2v) is 5.70. The lowest BCUT2D eigenvalue weighted by Crippen LogP contribution is -2.27. The van der Waals surface area contributed by atoms with Crippen LogP contribution in [0, 0.1) is 5.82 Å². The molecule has 0 heterocycles. The molecule has 1 aliphatic rings. The number of carbonyl (C=O) groups excluding carboxylic acids is 1. The third kappa shape index (κ3) is 4.02. The number of hydrogen-bond acceptors (Lipinski definition) is 2. The van der Waals surface area contributed by atoms with Gasteiger partial charge in [0.2, 0.25) is 5.91 Å². The third-order valence-corrected chi connectivity index (χ3v) is 4.19. The molecular formula is C18H20ClFN2O. The smallest absolute Gasteiger partial charge is 0.220 e. The van der Waals surface area contributed by atoms with Gasteiger partial charge in [-0.3, -0.25) is 4.79 Å². The van der Waals surface area contributed by atoms with Gasteiger partial charge in [0.05, 0.1) is 6.04 Å². The maximum atomic E-state index is 13.2. The normalized spacial score (nSPS) is 15.6. The summed E-state index contributed by atoms with van der Waals surface area (Å²) in [5.74, 6) is -0.212. The summed E-state index contributed by atoms with van der Waals surface area (Å²) in [4.78, 5) is 12.1. The van der Waals surface area contributed by atoms with Crippen LogP contribution in [0.5, 0.6) is 0 Å². The highest BCUT2D eigenvalue weighted by Crippen LogP contribution is 2.31. The minimum atomic E-state index is -0.217. The number of amides is 1. The molecule has 2 aromatic rings. The van der Waals surface area contributed by atoms with Gasteiger partial charge in [0.15, 0.2) is 0 Å². The molecule has 0 bridgehead atoms. The van der Waals surface area contributed by atoms with E-state index < -0.39 is 0 Å². The van der Waals surface area contributed by atoms with Crippen LogP contribution < -0.4 is 11.1 Å². The Bertz CT molecular complexity index is 705. The average Bonchev–Trinajstić information content (AvgIpc) is 2.88. The first-order valence-electron chi connectivity index (χ1n) is 7.54. The molecule has 1 atom stereocenters. The first-order valence-corrected chi connectivity index (χ1v) is 7.54. The van der Waals surface area contributed by atoms with E-state index in [0.29, 0.717) is 12.8 Å². The van der Waals surface area contributed by atoms with Gasteiger partial charge in [0.25, 0.3) is 0 Å². The zero-order chi connectivity index (χ0) is 15.5. The van der Waals surface area contributed by atoms with E-state index in [0.717, 1.165) is 35.2 Å². The summed E-state index contributed by atoms with van der Waals surface area (Å²) >= 11 is 0. The average molecular weight is 335 g/mol. The predicted molar refractivity (Wildman–Crippen MR) is 92.0 cm³/mol. The molecular weight excluding hydrogens is 315 g/mol. The highest BCUT2D eigenvalue weighted by molar-refractivity contribution is 5.85. The predicted octanol–water partition coefficient (Wildman–Crippen LogP) is 3.57. The number of hydrogen-bond donors (Lipinski definition) is 2. The lowest BCUT2D eigenvalue weighted by atomic mass is 10.1. The van der Waals surface area contributed by atoms with Crippen molar-refractivity contribution in [2.24, 2.45) is 0 Å². The Morgan fingerprint density at radius 3 is 2.83 bits per heavy atom. The second kappa shape index (κ2) is 7.47. The van der Waals surface area contributed by atoms with Gasteiger partial charge in [-0.15, -0.1) is 12.4 Å². The van der Waals surface area contributed by atoms with E-state index >= 15 is 0 Å². The summed E-state index contributed by atoms with van der Waals surface area (Å²) in [6.07, 6.45) is 2.67. The molecule has 1 amide bonds. The molecule has 1 aliphatic carbocycles. The molecule has 0 aliphatic heterocycles. The molecule has 0 radical (unpaired) electrons. The molecule has 3 rings (SSSR count). The molecule has 1 unspecified atom stereocenters. The fourth-order valence-electron chi connectivity index (χ4n) is 3.01. The Morgan fingerprint density at radius 2 is 2.04 bits per heavy atom. The number of benzene rings is 2. The Labute approximate surface area is 141 Å². The molecule has 0 aromatic heterocycles. The van der Waals surface area contributed by atoms with Crippen LogP contribution in [0.1, 0.15) is 35.6 Å². The monoisotopic (exact) mass is 334 g/mol. The summed E-state index contributed by atoms with van der Waals surface area (Å²) in [5, 5.41) is 3.04. The van der Waals surface area contributed by atoms with Gasteiger partial charge in [-0.25, -0.2) is 4.39 Å². The van der Waals surface area contributed by atoms with Gasteiger partial charge in [0, 0.05) is 12.1 Å². The van der Waals surface area contributed by atoms with E-state index in [-0.39, 0.29) is 30.2 Å². The van der Waals surface area contributed by atoms with Gasteiger partial charge in [-0.1, -0.05) is 24.3 Å². The molecule has 3 nitrogen and oxygen atoms in total. The van der Waals surface area contributed by atoms with E-state index in [2.05, 4.69) is 5.32 Å². The van der Waals surface area contributed by atoms with E-state index in [9.17, 15) is 9.18 Å². The van der Waals surface area contributed by atoms with Gasteiger partial charge < -0.3 is 11.1 Å². The number of carbonyl (C=O) groups is 1. The van der Waals surface area contributed by atoms with Gasteiger partial charge in [-0.2, -0.15) is 0 Å². The number of fused-ring (bicyclic) bond motifs is 1. The number of halogens is 2. The Morgan fingerprint density at radius 1 is 1.26 bits per heavy atom. The van der Waals surface area contributed by atoms with Crippen LogP contribution in [-0.2, 0) is 17.6 Å². The van der Waals surface area contributed by atoms with Crippen molar-refractivity contribution in [2.45, 2.75) is 31.7 Å². The fraction of sp³-hybridized carbons (Fsp3) is 0.278. The van der Waals surface area contributed by atoms with Crippen molar-refractivity contribution in [1.29, 1.82) is 0 Å². The lowest BCUT2D eigenvalue weighted by molar-refractivity contribution is -0.121. The van der Waals surface area contributed by atoms with Crippen LogP contribution in [0.25, 0.3) is 0 Å². The van der Waals surface area contributed by atoms with Gasteiger partial charge in [0.1, 0.15) is 5.82 Å². The minimum Gasteiger partial charge on any atom is -0.399 e. The van der Waals surface area contributed by atoms with Crippen LogP contribution >= 0.6 is 12.4 Å². The molecule has 23 heavy (non-hydrogen) atoms. The number of nitrogens with two attached hydrogens (primary N) is 1. The molecule has 122 valence electrons. The molecule has 0 spiro atoms. The maximum absolute atomic E-state index is 13.2. The molecule has 0 fully saturated rings. The first kappa shape index (κ1) is 17.3. The zero-order valence-electron chi connectivity index (χ0n) is 12.7. The van der Waals surface area contributed by atoms with Crippen LogP contribution in [-0.4, -0.2) is 5.91 Å². The van der Waals surface area contributed by atoms with Crippen LogP contribution in [0.2, 0.25) is 0 Å². The standard InChI is InChI=1S/C18H19FN2O.ClH/c19-14-7-8-15-13(11-14)5-9-17(15)21-18(22)10-6-12-3-1-2-4-16(12)20;/h1-4,7-8,11,17H,5-6,9-10,20H2,(H,21,22);1H. The molecule has 5 heteroatoms. The van der Waals surface area contributed by atoms with Crippen LogP contribution in [0.4, 0.5) is 10.1 Å². The highest BCUT2D eigenvalue weighted by atomic mass is 35.5. The molecule has 0 saturated heterocycles. The second-order valence-electron chi connectivity index (χ2n) is 5.70. The van der Waals surface area contributed by atoms with Crippen molar-refractivity contribution >= 4 is 24.0 Å². The minimum absolute atomic E-state index is 0. The zero-order valence-corrected chi connectivity index (χ0v) is 13.5. The number of aryl methyl sites for hydroxylation is 2. The molecule has 0 saturated carbocycles. The number of anilines is 1. The highest BCUT2D eigenvalue weighted by Gasteiger charge is 2.24. The van der Waals surface area contributed by atoms with Crippen LogP contribution in [0.3, 0.4) is 0 Å².